The predicted octanol–water partition coefficient (Wildman–Crippen LogP) is 4.33. The molecule has 1 unspecified atom stereocenters. The smallest absolute Gasteiger partial charge is 0.408 e. The molecule has 13 heteroatoms. The van der Waals surface area contributed by atoms with Crippen LogP contribution in [0.25, 0.3) is 11.0 Å². The molecule has 248 valence electrons. The van der Waals surface area contributed by atoms with Crippen LogP contribution in [0.3, 0.4) is 0 Å². The molecule has 1 aliphatic rings. The van der Waals surface area contributed by atoms with Crippen molar-refractivity contribution in [2.75, 3.05) is 6.61 Å². The van der Waals surface area contributed by atoms with Crippen molar-refractivity contribution in [1.82, 2.24) is 19.4 Å². The van der Waals surface area contributed by atoms with Gasteiger partial charge in [0.1, 0.15) is 18.4 Å². The van der Waals surface area contributed by atoms with Crippen molar-refractivity contribution in [3.05, 3.63) is 63.0 Å². The number of unbranched alkanes of at least 4 members (excludes halogenated alkanes) is 1. The Morgan fingerprint density at radius 1 is 1.13 bits per heavy atom. The molecule has 12 nitrogen and oxygen atoms in total. The van der Waals surface area contributed by atoms with Crippen LogP contribution >= 0.6 is 11.6 Å². The fourth-order valence-electron chi connectivity index (χ4n) is 6.07. The van der Waals surface area contributed by atoms with Gasteiger partial charge in [-0.2, -0.15) is 0 Å². The highest BCUT2D eigenvalue weighted by Gasteiger charge is 2.34. The van der Waals surface area contributed by atoms with Gasteiger partial charge in [0.15, 0.2) is 0 Å². The first-order chi connectivity index (χ1) is 21.7. The van der Waals surface area contributed by atoms with Gasteiger partial charge in [0.05, 0.1) is 22.1 Å². The SMILES string of the molecule is Cn1c(=O)n(C2CCC(=O)NC2=O)c2ccc(CCCCc3cccc(OC[C@H](CCC(N)=O)N(C(=O)O)C(C)(C)C)c3Cl)cc21. The molecule has 0 aliphatic carbocycles. The average Bonchev–Trinajstić information content (AvgIpc) is 3.21. The van der Waals surface area contributed by atoms with E-state index in [1.807, 2.05) is 30.3 Å². The molecule has 1 aromatic heterocycles. The lowest BCUT2D eigenvalue weighted by Crippen LogP contribution is -2.53. The highest BCUT2D eigenvalue weighted by molar-refractivity contribution is 6.32. The molecule has 1 aliphatic heterocycles. The Morgan fingerprint density at radius 2 is 1.85 bits per heavy atom. The van der Waals surface area contributed by atoms with Crippen LogP contribution in [-0.4, -0.2) is 61.1 Å². The summed E-state index contributed by atoms with van der Waals surface area (Å²) in [5, 5.41) is 12.7. The fraction of sp³-hybridized carbons (Fsp3) is 0.485. The number of hydrogen-bond donors (Lipinski definition) is 3. The molecule has 2 atom stereocenters. The van der Waals surface area contributed by atoms with E-state index in [4.69, 9.17) is 22.1 Å². The Morgan fingerprint density at radius 3 is 2.50 bits per heavy atom. The van der Waals surface area contributed by atoms with Crippen molar-refractivity contribution in [3.63, 3.8) is 0 Å². The van der Waals surface area contributed by atoms with Crippen LogP contribution < -0.4 is 21.5 Å². The Bertz CT molecular complexity index is 1690. The van der Waals surface area contributed by atoms with Crippen molar-refractivity contribution in [2.45, 2.75) is 89.8 Å². The minimum atomic E-state index is -1.11. The van der Waals surface area contributed by atoms with Gasteiger partial charge in [-0.1, -0.05) is 29.8 Å². The van der Waals surface area contributed by atoms with Gasteiger partial charge in [-0.05, 0) is 88.6 Å². The number of rotatable bonds is 13. The molecule has 2 aromatic carbocycles. The first kappa shape index (κ1) is 34.6. The normalized spacial score (nSPS) is 15.9. The van der Waals surface area contributed by atoms with E-state index in [0.29, 0.717) is 22.7 Å². The zero-order valence-corrected chi connectivity index (χ0v) is 27.4. The number of nitrogens with zero attached hydrogens (tertiary/aromatic N) is 3. The number of carbonyl (C=O) groups is 4. The number of hydrogen-bond acceptors (Lipinski definition) is 6. The summed E-state index contributed by atoms with van der Waals surface area (Å²) in [5.41, 5.74) is 7.65. The summed E-state index contributed by atoms with van der Waals surface area (Å²) < 4.78 is 9.04. The quantitative estimate of drug-likeness (QED) is 0.182. The third-order valence-electron chi connectivity index (χ3n) is 8.33. The molecular formula is C33H42ClN5O7. The molecule has 4 amide bonds. The van der Waals surface area contributed by atoms with E-state index >= 15 is 0 Å². The number of halogens is 1. The highest BCUT2D eigenvalue weighted by Crippen LogP contribution is 2.31. The number of nitrogens with two attached hydrogens (primary N) is 1. The van der Waals surface area contributed by atoms with Crippen LogP contribution in [0.2, 0.25) is 5.02 Å². The predicted molar refractivity (Wildman–Crippen MR) is 174 cm³/mol. The summed E-state index contributed by atoms with van der Waals surface area (Å²) in [7, 11) is 1.68. The summed E-state index contributed by atoms with van der Waals surface area (Å²) in [6.07, 6.45) is 2.74. The maximum absolute atomic E-state index is 13.0. The number of amides is 4. The van der Waals surface area contributed by atoms with Gasteiger partial charge >= 0.3 is 11.8 Å². The summed E-state index contributed by atoms with van der Waals surface area (Å²) in [6, 6.07) is 9.95. The molecule has 3 aromatic rings. The number of ether oxygens (including phenoxy) is 1. The van der Waals surface area contributed by atoms with Crippen LogP contribution in [-0.2, 0) is 34.3 Å². The van der Waals surface area contributed by atoms with Crippen LogP contribution in [0.15, 0.2) is 41.2 Å². The first-order valence-electron chi connectivity index (χ1n) is 15.4. The highest BCUT2D eigenvalue weighted by atomic mass is 35.5. The lowest BCUT2D eigenvalue weighted by molar-refractivity contribution is -0.135. The summed E-state index contributed by atoms with van der Waals surface area (Å²) in [5.74, 6) is -0.863. The number of nitrogens with one attached hydrogen (secondary N) is 1. The second kappa shape index (κ2) is 14.4. The molecular weight excluding hydrogens is 614 g/mol. The molecule has 46 heavy (non-hydrogen) atoms. The van der Waals surface area contributed by atoms with Crippen molar-refractivity contribution in [2.24, 2.45) is 12.8 Å². The molecule has 4 N–H and O–H groups in total. The van der Waals surface area contributed by atoms with Crippen molar-refractivity contribution in [1.29, 1.82) is 0 Å². The van der Waals surface area contributed by atoms with Crippen LogP contribution in [0.4, 0.5) is 4.79 Å². The second-order valence-electron chi connectivity index (χ2n) is 12.7. The van der Waals surface area contributed by atoms with Gasteiger partial charge in [0, 0.05) is 25.4 Å². The number of carboxylic acid groups (broad SMARTS) is 1. The largest absolute Gasteiger partial charge is 0.490 e. The number of benzene rings is 2. The molecule has 2 heterocycles. The molecule has 1 saturated heterocycles. The van der Waals surface area contributed by atoms with E-state index in [9.17, 15) is 29.1 Å². The van der Waals surface area contributed by atoms with Crippen molar-refractivity contribution >= 4 is 46.4 Å². The van der Waals surface area contributed by atoms with E-state index in [0.717, 1.165) is 35.9 Å². The molecule has 4 rings (SSSR count). The number of imidazole rings is 1. The lowest BCUT2D eigenvalue weighted by Gasteiger charge is -2.39. The van der Waals surface area contributed by atoms with E-state index in [1.54, 1.807) is 33.9 Å². The van der Waals surface area contributed by atoms with E-state index in [1.165, 1.54) is 14.0 Å². The van der Waals surface area contributed by atoms with Gasteiger partial charge in [0.25, 0.3) is 0 Å². The van der Waals surface area contributed by atoms with Gasteiger partial charge in [-0.3, -0.25) is 33.7 Å². The number of aromatic nitrogens is 2. The maximum Gasteiger partial charge on any atom is 0.408 e. The number of aryl methyl sites for hydroxylation is 3. The molecule has 0 bridgehead atoms. The average molecular weight is 656 g/mol. The minimum Gasteiger partial charge on any atom is -0.490 e. The lowest BCUT2D eigenvalue weighted by atomic mass is 10.0. The molecule has 0 saturated carbocycles. The molecule has 0 radical (unpaired) electrons. The second-order valence-corrected chi connectivity index (χ2v) is 13.1. The monoisotopic (exact) mass is 655 g/mol. The third kappa shape index (κ3) is 7.90. The summed E-state index contributed by atoms with van der Waals surface area (Å²) in [6.45, 7) is 5.35. The van der Waals surface area contributed by atoms with E-state index in [-0.39, 0.29) is 43.9 Å². The number of fused-ring (bicyclic) bond motifs is 1. The number of primary amides is 1. The Kier molecular flexibility index (Phi) is 10.8. The van der Waals surface area contributed by atoms with Crippen LogP contribution in [0, 0.1) is 0 Å². The van der Waals surface area contributed by atoms with Gasteiger partial charge in [-0.25, -0.2) is 9.59 Å². The standard InChI is InChI=1S/C33H42ClN5O7/c1-33(2,3)39(32(44)45)22(13-16-27(35)40)19-46-26-11-7-10-21(29(26)34)9-6-5-8-20-12-14-23-25(18-20)37(4)31(43)38(23)24-15-17-28(41)36-30(24)42/h7,10-12,14,18,22,24H,5-6,8-9,13,15-17,19H2,1-4H3,(H2,35,40)(H,44,45)(H,36,41,42)/t22-,24?/m0/s1. The van der Waals surface area contributed by atoms with E-state index < -0.39 is 35.5 Å². The maximum atomic E-state index is 13.0. The summed E-state index contributed by atoms with van der Waals surface area (Å²) in [4.78, 5) is 61.9. The topological polar surface area (TPSA) is 166 Å². The first-order valence-corrected chi connectivity index (χ1v) is 15.8. The van der Waals surface area contributed by atoms with Crippen LogP contribution in [0.5, 0.6) is 5.75 Å². The van der Waals surface area contributed by atoms with Gasteiger partial charge < -0.3 is 15.6 Å². The fourth-order valence-corrected chi connectivity index (χ4v) is 6.35. The molecule has 1 fully saturated rings. The number of imide groups is 1. The van der Waals surface area contributed by atoms with Gasteiger partial charge in [0.2, 0.25) is 17.7 Å². The Hall–Kier alpha value is -4.32. The minimum absolute atomic E-state index is 0.0102. The molecule has 0 spiro atoms. The third-order valence-corrected chi connectivity index (χ3v) is 8.76. The number of piperidine rings is 1. The van der Waals surface area contributed by atoms with E-state index in [2.05, 4.69) is 5.32 Å². The van der Waals surface area contributed by atoms with Gasteiger partial charge in [-0.15, -0.1) is 0 Å². The summed E-state index contributed by atoms with van der Waals surface area (Å²) >= 11 is 6.72. The zero-order chi connectivity index (χ0) is 33.8. The zero-order valence-electron chi connectivity index (χ0n) is 26.7. The Labute approximate surface area is 272 Å². The van der Waals surface area contributed by atoms with Crippen molar-refractivity contribution < 1.29 is 29.0 Å². The van der Waals surface area contributed by atoms with Crippen LogP contribution in [0.1, 0.15) is 76.5 Å². The number of carbonyl (C=O) groups excluding carboxylic acids is 3. The Balaban J connectivity index is 1.39. The van der Waals surface area contributed by atoms with Crippen molar-refractivity contribution in [3.8, 4) is 5.75 Å².